The molecule has 1 aliphatic heterocycles. The molecule has 0 radical (unpaired) electrons. The fourth-order valence-corrected chi connectivity index (χ4v) is 5.27. The van der Waals surface area contributed by atoms with Crippen LogP contribution in [0.3, 0.4) is 0 Å². The standard InChI is InChI=1S/C30H36N4O10S/c1-7-19(2)29-31-15-22(11-21(30(36)37)10-20-12-27-28(44-18-43-27)14-25(20)41-6)34(29)24-9-8-23(40-5)13-26(24)42-17-33(16-35)45(38,39)32(3)4/h8-9,11-16,19H,7,10,17-18H2,1-6H3,(H,36,37). The number of aliphatic carboxylic acids is 1. The van der Waals surface area contributed by atoms with E-state index in [-0.39, 0.29) is 36.9 Å². The third kappa shape index (κ3) is 6.99. The molecule has 1 aromatic heterocycles. The molecule has 2 heterocycles. The van der Waals surface area contributed by atoms with E-state index in [0.717, 1.165) is 4.31 Å². The minimum Gasteiger partial charge on any atom is -0.497 e. The summed E-state index contributed by atoms with van der Waals surface area (Å²) in [5.74, 6) is 1.40. The first kappa shape index (κ1) is 33.1. The summed E-state index contributed by atoms with van der Waals surface area (Å²) >= 11 is 0. The lowest BCUT2D eigenvalue weighted by atomic mass is 10.0. The largest absolute Gasteiger partial charge is 0.497 e. The van der Waals surface area contributed by atoms with E-state index in [4.69, 9.17) is 23.7 Å². The molecule has 1 amide bonds. The number of imidazole rings is 1. The second kappa shape index (κ2) is 13.9. The first-order valence-corrected chi connectivity index (χ1v) is 15.3. The number of hydrogen-bond donors (Lipinski definition) is 1. The van der Waals surface area contributed by atoms with Gasteiger partial charge >= 0.3 is 16.2 Å². The number of nitrogens with zero attached hydrogens (tertiary/aromatic N) is 4. The maximum Gasteiger partial charge on any atom is 0.331 e. The van der Waals surface area contributed by atoms with Gasteiger partial charge in [0.05, 0.1) is 31.8 Å². The smallest absolute Gasteiger partial charge is 0.331 e. The quantitative estimate of drug-likeness (QED) is 0.147. The van der Waals surface area contributed by atoms with Gasteiger partial charge in [-0.1, -0.05) is 13.8 Å². The normalized spacial score (nSPS) is 13.4. The van der Waals surface area contributed by atoms with Crippen LogP contribution < -0.4 is 23.7 Å². The maximum atomic E-state index is 12.6. The van der Waals surface area contributed by atoms with E-state index in [1.165, 1.54) is 34.4 Å². The summed E-state index contributed by atoms with van der Waals surface area (Å²) in [6.07, 6.45) is 3.93. The van der Waals surface area contributed by atoms with Gasteiger partial charge in [0.1, 0.15) is 23.1 Å². The van der Waals surface area contributed by atoms with Crippen LogP contribution in [0.25, 0.3) is 11.8 Å². The van der Waals surface area contributed by atoms with Crippen LogP contribution in [0.1, 0.15) is 43.3 Å². The fraction of sp³-hybridized carbons (Fsp3) is 0.367. The number of carboxylic acid groups (broad SMARTS) is 1. The SMILES string of the molecule is CCC(C)c1ncc(C=C(Cc2cc3c(cc2OC)OCO3)C(=O)O)n1-c1ccc(OC)cc1OCN(C=O)S(=O)(=O)N(C)C. The molecule has 0 spiro atoms. The highest BCUT2D eigenvalue weighted by atomic mass is 32.2. The van der Waals surface area contributed by atoms with Gasteiger partial charge in [-0.3, -0.25) is 9.36 Å². The van der Waals surface area contributed by atoms with Crippen LogP contribution in [0.15, 0.2) is 42.1 Å². The molecule has 0 aliphatic carbocycles. The van der Waals surface area contributed by atoms with Crippen molar-refractivity contribution in [1.82, 2.24) is 18.2 Å². The Morgan fingerprint density at radius 3 is 2.44 bits per heavy atom. The second-order valence-corrected chi connectivity index (χ2v) is 12.3. The summed E-state index contributed by atoms with van der Waals surface area (Å²) in [4.78, 5) is 28.9. The number of carbonyl (C=O) groups is 2. The van der Waals surface area contributed by atoms with Crippen molar-refractivity contribution >= 4 is 28.7 Å². The van der Waals surface area contributed by atoms with Crippen LogP contribution in [-0.4, -0.2) is 85.9 Å². The molecule has 2 aromatic carbocycles. The van der Waals surface area contributed by atoms with E-state index < -0.39 is 22.9 Å². The van der Waals surface area contributed by atoms with Gasteiger partial charge in [0.15, 0.2) is 18.2 Å². The maximum absolute atomic E-state index is 12.6. The molecule has 0 saturated carbocycles. The minimum atomic E-state index is -4.12. The fourth-order valence-electron chi connectivity index (χ4n) is 4.56. The number of carbonyl (C=O) groups excluding carboxylic acids is 1. The van der Waals surface area contributed by atoms with Crippen LogP contribution in [0.4, 0.5) is 0 Å². The summed E-state index contributed by atoms with van der Waals surface area (Å²) in [5, 5.41) is 10.3. The molecule has 3 aromatic rings. The van der Waals surface area contributed by atoms with Gasteiger partial charge < -0.3 is 28.8 Å². The summed E-state index contributed by atoms with van der Waals surface area (Å²) in [5.41, 5.74) is 1.45. The van der Waals surface area contributed by atoms with Crippen molar-refractivity contribution in [3.8, 4) is 34.4 Å². The van der Waals surface area contributed by atoms with E-state index in [2.05, 4.69) is 4.98 Å². The second-order valence-electron chi connectivity index (χ2n) is 10.2. The third-order valence-corrected chi connectivity index (χ3v) is 8.96. The highest BCUT2D eigenvalue weighted by Gasteiger charge is 2.26. The Kier molecular flexibility index (Phi) is 10.2. The molecule has 1 aliphatic rings. The average Bonchev–Trinajstić information content (AvgIpc) is 3.66. The number of rotatable bonds is 15. The molecule has 15 heteroatoms. The lowest BCUT2D eigenvalue weighted by molar-refractivity contribution is -0.132. The van der Waals surface area contributed by atoms with E-state index >= 15 is 0 Å². The summed E-state index contributed by atoms with van der Waals surface area (Å²) < 4.78 is 56.1. The Bertz CT molecular complexity index is 1700. The van der Waals surface area contributed by atoms with Crippen molar-refractivity contribution in [2.24, 2.45) is 0 Å². The monoisotopic (exact) mass is 644 g/mol. The molecule has 0 bridgehead atoms. The Hall–Kier alpha value is -4.76. The Labute approximate surface area is 261 Å². The number of amides is 1. The lowest BCUT2D eigenvalue weighted by Gasteiger charge is -2.23. The topological polar surface area (TPSA) is 159 Å². The van der Waals surface area contributed by atoms with Crippen molar-refractivity contribution in [1.29, 1.82) is 0 Å². The van der Waals surface area contributed by atoms with Gasteiger partial charge in [-0.25, -0.2) is 9.78 Å². The number of hydrogen-bond acceptors (Lipinski definition) is 10. The van der Waals surface area contributed by atoms with Gasteiger partial charge in [0.25, 0.3) is 0 Å². The number of benzene rings is 2. The number of fused-ring (bicyclic) bond motifs is 1. The summed E-state index contributed by atoms with van der Waals surface area (Å²) in [6.45, 7) is 3.39. The zero-order valence-corrected chi connectivity index (χ0v) is 26.7. The zero-order valence-electron chi connectivity index (χ0n) is 25.8. The highest BCUT2D eigenvalue weighted by molar-refractivity contribution is 7.87. The molecule has 1 unspecified atom stereocenters. The van der Waals surface area contributed by atoms with Gasteiger partial charge in [-0.05, 0) is 30.7 Å². The molecular weight excluding hydrogens is 608 g/mol. The van der Waals surface area contributed by atoms with Gasteiger partial charge in [0.2, 0.25) is 13.2 Å². The average molecular weight is 645 g/mol. The van der Waals surface area contributed by atoms with Crippen LogP contribution in [0, 0.1) is 0 Å². The van der Waals surface area contributed by atoms with Gasteiger partial charge in [-0.2, -0.15) is 17.0 Å². The highest BCUT2D eigenvalue weighted by Crippen LogP contribution is 2.39. The molecule has 1 N–H and O–H groups in total. The van der Waals surface area contributed by atoms with E-state index in [1.54, 1.807) is 41.1 Å². The summed E-state index contributed by atoms with van der Waals surface area (Å²) in [6, 6.07) is 8.26. The molecule has 0 saturated heterocycles. The van der Waals surface area contributed by atoms with Crippen LogP contribution in [0.2, 0.25) is 0 Å². The Morgan fingerprint density at radius 1 is 1.13 bits per heavy atom. The number of ether oxygens (including phenoxy) is 5. The first-order valence-electron chi connectivity index (χ1n) is 13.9. The van der Waals surface area contributed by atoms with Crippen LogP contribution in [0.5, 0.6) is 28.7 Å². The van der Waals surface area contributed by atoms with Crippen LogP contribution in [-0.2, 0) is 26.2 Å². The van der Waals surface area contributed by atoms with Crippen molar-refractivity contribution < 1.29 is 46.8 Å². The molecule has 4 rings (SSSR count). The van der Waals surface area contributed by atoms with E-state index in [1.807, 2.05) is 13.8 Å². The molecular formula is C30H36N4O10S. The van der Waals surface area contributed by atoms with Crippen LogP contribution >= 0.6 is 0 Å². The Balaban J connectivity index is 1.83. The predicted molar refractivity (Wildman–Crippen MR) is 163 cm³/mol. The van der Waals surface area contributed by atoms with E-state index in [9.17, 15) is 23.1 Å². The van der Waals surface area contributed by atoms with E-state index in [0.29, 0.717) is 56.5 Å². The number of carboxylic acids is 1. The first-order chi connectivity index (χ1) is 21.4. The summed E-state index contributed by atoms with van der Waals surface area (Å²) in [7, 11) is 1.42. The minimum absolute atomic E-state index is 0.0123. The lowest BCUT2D eigenvalue weighted by Crippen LogP contribution is -2.41. The number of methoxy groups -OCH3 is 2. The Morgan fingerprint density at radius 2 is 1.84 bits per heavy atom. The predicted octanol–water partition coefficient (Wildman–Crippen LogP) is 3.44. The third-order valence-electron chi connectivity index (χ3n) is 7.25. The molecule has 14 nitrogen and oxygen atoms in total. The van der Waals surface area contributed by atoms with Crippen molar-refractivity contribution in [3.05, 3.63) is 59.2 Å². The molecule has 1 atom stereocenters. The van der Waals surface area contributed by atoms with Gasteiger partial charge in [-0.15, -0.1) is 0 Å². The number of aromatic nitrogens is 2. The van der Waals surface area contributed by atoms with Crippen molar-refractivity contribution in [2.45, 2.75) is 32.6 Å². The molecule has 45 heavy (non-hydrogen) atoms. The van der Waals surface area contributed by atoms with Gasteiger partial charge in [0, 0.05) is 49.7 Å². The molecule has 0 fully saturated rings. The van der Waals surface area contributed by atoms with Crippen molar-refractivity contribution in [3.63, 3.8) is 0 Å². The molecule has 242 valence electrons. The zero-order chi connectivity index (χ0) is 32.9. The van der Waals surface area contributed by atoms with Crippen molar-refractivity contribution in [2.75, 3.05) is 41.8 Å².